The van der Waals surface area contributed by atoms with E-state index in [-0.39, 0.29) is 54.4 Å². The van der Waals surface area contributed by atoms with E-state index in [1.807, 2.05) is 13.8 Å². The van der Waals surface area contributed by atoms with E-state index in [4.69, 9.17) is 18.9 Å². The molecule has 3 heterocycles. The Morgan fingerprint density at radius 1 is 1.18 bits per heavy atom. The van der Waals surface area contributed by atoms with Gasteiger partial charge >= 0.3 is 11.9 Å². The molecule has 1 N–H and O–H groups in total. The molecular weight excluding hydrogens is 424 g/mol. The summed E-state index contributed by atoms with van der Waals surface area (Å²) in [6.07, 6.45) is 0.448. The molecule has 0 aromatic carbocycles. The first-order chi connectivity index (χ1) is 15.6. The van der Waals surface area contributed by atoms with E-state index in [0.29, 0.717) is 30.9 Å². The van der Waals surface area contributed by atoms with Crippen LogP contribution in [0.2, 0.25) is 0 Å². The van der Waals surface area contributed by atoms with Gasteiger partial charge in [-0.25, -0.2) is 0 Å². The molecule has 3 saturated heterocycles. The molecule has 4 aliphatic rings. The summed E-state index contributed by atoms with van der Waals surface area (Å²) in [6, 6.07) is 0. The Balaban J connectivity index is 1.79. The summed E-state index contributed by atoms with van der Waals surface area (Å²) < 4.78 is 25.2. The summed E-state index contributed by atoms with van der Waals surface area (Å²) >= 11 is 0. The second kappa shape index (κ2) is 9.31. The maximum Gasteiger partial charge on any atom is 0.306 e. The molecule has 1 aliphatic carbocycles. The van der Waals surface area contributed by atoms with Crippen molar-refractivity contribution >= 4 is 11.9 Å². The van der Waals surface area contributed by atoms with Gasteiger partial charge in [0.2, 0.25) is 0 Å². The van der Waals surface area contributed by atoms with Gasteiger partial charge in [-0.1, -0.05) is 27.4 Å². The second-order valence-electron chi connectivity index (χ2n) is 11.0. The number of carbonyl (C=O) groups excluding carboxylic acids is 2. The van der Waals surface area contributed by atoms with Gasteiger partial charge < -0.3 is 24.1 Å². The molecule has 33 heavy (non-hydrogen) atoms. The Hall–Kier alpha value is -1.44. The fraction of sp³-hybridized carbons (Fsp3) is 0.846. The Morgan fingerprint density at radius 2 is 1.91 bits per heavy atom. The number of fused-ring (bicyclic) bond motifs is 2. The average Bonchev–Trinajstić information content (AvgIpc) is 3.08. The standard InChI is InChI=1S/C26H40O7/c1-7-8-21(29)33-24-14(3)9-17-15(4)12-30-26(6)20(31-16(5)27)11-18(28)13(2)10-19-23(24)22(17)25(26)32-19/h14-15,17-20,22-25,28H,2,7-12H2,1,3-6H3/t14-,15+,17+,18-,19-,20-,22+,23+,24-,25-,26+/m1/s1. The molecule has 0 spiro atoms. The number of hydrogen-bond donors (Lipinski definition) is 1. The van der Waals surface area contributed by atoms with Crippen LogP contribution in [-0.2, 0) is 28.5 Å². The van der Waals surface area contributed by atoms with Crippen LogP contribution in [0.25, 0.3) is 0 Å². The topological polar surface area (TPSA) is 91.3 Å². The molecule has 0 amide bonds. The summed E-state index contributed by atoms with van der Waals surface area (Å²) in [5.41, 5.74) is -0.266. The van der Waals surface area contributed by atoms with Crippen molar-refractivity contribution in [3.63, 3.8) is 0 Å². The van der Waals surface area contributed by atoms with Gasteiger partial charge in [-0.15, -0.1) is 0 Å². The predicted molar refractivity (Wildman–Crippen MR) is 121 cm³/mol. The molecule has 0 radical (unpaired) electrons. The van der Waals surface area contributed by atoms with E-state index in [1.165, 1.54) is 6.92 Å². The molecule has 3 aliphatic heterocycles. The Morgan fingerprint density at radius 3 is 2.58 bits per heavy atom. The first kappa shape index (κ1) is 24.7. The number of aliphatic hydroxyl groups is 1. The highest BCUT2D eigenvalue weighted by Gasteiger charge is 2.65. The summed E-state index contributed by atoms with van der Waals surface area (Å²) in [5.74, 6) is 0.329. The van der Waals surface area contributed by atoms with Crippen LogP contribution in [0, 0.1) is 29.6 Å². The van der Waals surface area contributed by atoms with Crippen LogP contribution < -0.4 is 0 Å². The third-order valence-electron chi connectivity index (χ3n) is 8.62. The molecular formula is C26H40O7. The third-order valence-corrected chi connectivity index (χ3v) is 8.62. The monoisotopic (exact) mass is 464 g/mol. The number of carbonyl (C=O) groups is 2. The zero-order valence-electron chi connectivity index (χ0n) is 20.6. The smallest absolute Gasteiger partial charge is 0.306 e. The lowest BCUT2D eigenvalue weighted by Gasteiger charge is -2.47. The van der Waals surface area contributed by atoms with Gasteiger partial charge in [0.05, 0.1) is 24.9 Å². The highest BCUT2D eigenvalue weighted by atomic mass is 16.6. The van der Waals surface area contributed by atoms with Gasteiger partial charge in [-0.05, 0) is 49.5 Å². The van der Waals surface area contributed by atoms with Crippen LogP contribution >= 0.6 is 0 Å². The lowest BCUT2D eigenvalue weighted by atomic mass is 9.59. The van der Waals surface area contributed by atoms with Crippen molar-refractivity contribution in [1.29, 1.82) is 0 Å². The first-order valence-electron chi connectivity index (χ1n) is 12.6. The lowest BCUT2D eigenvalue weighted by Crippen LogP contribution is -2.57. The van der Waals surface area contributed by atoms with E-state index >= 15 is 0 Å². The number of ether oxygens (including phenoxy) is 4. The minimum atomic E-state index is -0.920. The fourth-order valence-electron chi connectivity index (χ4n) is 6.94. The number of hydrogen-bond acceptors (Lipinski definition) is 7. The lowest BCUT2D eigenvalue weighted by molar-refractivity contribution is -0.204. The summed E-state index contributed by atoms with van der Waals surface area (Å²) in [4.78, 5) is 24.6. The van der Waals surface area contributed by atoms with Gasteiger partial charge in [0, 0.05) is 31.6 Å². The van der Waals surface area contributed by atoms with Crippen molar-refractivity contribution in [2.24, 2.45) is 29.6 Å². The molecule has 0 aromatic rings. The van der Waals surface area contributed by atoms with Crippen LogP contribution in [0.1, 0.15) is 66.7 Å². The molecule has 4 fully saturated rings. The number of aliphatic hydroxyl groups excluding tert-OH is 1. The molecule has 2 bridgehead atoms. The summed E-state index contributed by atoms with van der Waals surface area (Å²) in [6.45, 7) is 14.4. The van der Waals surface area contributed by atoms with Crippen molar-refractivity contribution in [1.82, 2.24) is 0 Å². The molecule has 1 saturated carbocycles. The van der Waals surface area contributed by atoms with Crippen molar-refractivity contribution in [3.8, 4) is 0 Å². The van der Waals surface area contributed by atoms with E-state index in [9.17, 15) is 14.7 Å². The van der Waals surface area contributed by atoms with Crippen LogP contribution in [0.5, 0.6) is 0 Å². The van der Waals surface area contributed by atoms with Crippen LogP contribution in [0.4, 0.5) is 0 Å². The largest absolute Gasteiger partial charge is 0.462 e. The van der Waals surface area contributed by atoms with E-state index < -0.39 is 23.8 Å². The Bertz CT molecular complexity index is 781. The molecule has 7 nitrogen and oxygen atoms in total. The second-order valence-corrected chi connectivity index (χ2v) is 11.0. The van der Waals surface area contributed by atoms with E-state index in [1.54, 1.807) is 0 Å². The maximum absolute atomic E-state index is 12.6. The van der Waals surface area contributed by atoms with Gasteiger partial charge in [0.1, 0.15) is 17.8 Å². The molecule has 7 heteroatoms. The van der Waals surface area contributed by atoms with Crippen molar-refractivity contribution < 1.29 is 33.6 Å². The Labute approximate surface area is 197 Å². The quantitative estimate of drug-likeness (QED) is 0.503. The van der Waals surface area contributed by atoms with Gasteiger partial charge in [-0.3, -0.25) is 9.59 Å². The third kappa shape index (κ3) is 4.37. The first-order valence-corrected chi connectivity index (χ1v) is 12.6. The van der Waals surface area contributed by atoms with Gasteiger partial charge in [-0.2, -0.15) is 0 Å². The molecule has 186 valence electrons. The highest BCUT2D eigenvalue weighted by molar-refractivity contribution is 5.69. The van der Waals surface area contributed by atoms with Crippen LogP contribution in [0.15, 0.2) is 12.2 Å². The van der Waals surface area contributed by atoms with E-state index in [0.717, 1.165) is 12.8 Å². The summed E-state index contributed by atoms with van der Waals surface area (Å²) in [7, 11) is 0. The van der Waals surface area contributed by atoms with Crippen molar-refractivity contribution in [2.75, 3.05) is 6.61 Å². The zero-order chi connectivity index (χ0) is 24.1. The maximum atomic E-state index is 12.6. The highest BCUT2D eigenvalue weighted by Crippen LogP contribution is 2.58. The molecule has 0 unspecified atom stereocenters. The average molecular weight is 465 g/mol. The van der Waals surface area contributed by atoms with Gasteiger partial charge in [0.15, 0.2) is 0 Å². The molecule has 11 atom stereocenters. The Kier molecular flexibility index (Phi) is 6.96. The SMILES string of the molecule is C=C1C[C@H]2O[C@@H]3[C@H]4[C@@H](C[C@@H](C)[C@@H](OC(=O)CCC)[C@H]42)[C@@H](C)CO[C@@]3(C)[C@H](OC(C)=O)C[C@H]1O. The van der Waals surface area contributed by atoms with Crippen molar-refractivity contribution in [2.45, 2.75) is 103 Å². The minimum absolute atomic E-state index is 0.0203. The minimum Gasteiger partial charge on any atom is -0.462 e. The fourth-order valence-corrected chi connectivity index (χ4v) is 6.94. The zero-order valence-corrected chi connectivity index (χ0v) is 20.6. The predicted octanol–water partition coefficient (Wildman–Crippen LogP) is 3.42. The normalized spacial score (nSPS) is 47.0. The van der Waals surface area contributed by atoms with Crippen molar-refractivity contribution in [3.05, 3.63) is 12.2 Å². The van der Waals surface area contributed by atoms with Crippen LogP contribution in [-0.4, -0.2) is 59.8 Å². The number of esters is 2. The van der Waals surface area contributed by atoms with Crippen LogP contribution in [0.3, 0.4) is 0 Å². The summed E-state index contributed by atoms with van der Waals surface area (Å²) in [5, 5.41) is 10.9. The molecule has 0 aromatic heterocycles. The van der Waals surface area contributed by atoms with Gasteiger partial charge in [0.25, 0.3) is 0 Å². The van der Waals surface area contributed by atoms with E-state index in [2.05, 4.69) is 20.4 Å². The molecule has 4 rings (SSSR count). The number of rotatable bonds is 4.